The van der Waals surface area contributed by atoms with E-state index in [9.17, 15) is 8.78 Å². The van der Waals surface area contributed by atoms with Crippen LogP contribution in [0.5, 0.6) is 0 Å². The van der Waals surface area contributed by atoms with Crippen LogP contribution in [-0.2, 0) is 0 Å². The number of aromatic nitrogens is 4. The Balaban J connectivity index is 2.42. The summed E-state index contributed by atoms with van der Waals surface area (Å²) in [6.45, 7) is 3.77. The molecule has 84 valence electrons. The van der Waals surface area contributed by atoms with E-state index in [1.54, 1.807) is 0 Å². The van der Waals surface area contributed by atoms with Crippen LogP contribution in [0.4, 0.5) is 8.78 Å². The van der Waals surface area contributed by atoms with Crippen LogP contribution < -0.4 is 0 Å². The van der Waals surface area contributed by atoms with Crippen molar-refractivity contribution >= 4 is 0 Å². The van der Waals surface area contributed by atoms with Crippen LogP contribution in [0.2, 0.25) is 0 Å². The minimum absolute atomic E-state index is 0.0552. The summed E-state index contributed by atoms with van der Waals surface area (Å²) in [6.07, 6.45) is 0. The van der Waals surface area contributed by atoms with E-state index in [1.807, 2.05) is 13.8 Å². The molecule has 2 rings (SSSR count). The van der Waals surface area contributed by atoms with Crippen LogP contribution in [0.1, 0.15) is 19.9 Å². The average Bonchev–Trinajstić information content (AvgIpc) is 2.64. The highest BCUT2D eigenvalue weighted by molar-refractivity contribution is 5.53. The number of benzene rings is 1. The van der Waals surface area contributed by atoms with Gasteiger partial charge < -0.3 is 0 Å². The maximum atomic E-state index is 13.0. The highest BCUT2D eigenvalue weighted by Crippen LogP contribution is 2.17. The number of rotatable bonds is 2. The molecule has 0 N–H and O–H groups in total. The molecule has 1 heterocycles. The number of nitrogens with zero attached hydrogens (tertiary/aromatic N) is 4. The van der Waals surface area contributed by atoms with Gasteiger partial charge in [-0.05, 0) is 31.2 Å². The van der Waals surface area contributed by atoms with Gasteiger partial charge in [-0.3, -0.25) is 0 Å². The van der Waals surface area contributed by atoms with E-state index in [-0.39, 0.29) is 17.4 Å². The highest BCUT2D eigenvalue weighted by atomic mass is 19.1. The predicted molar refractivity (Wildman–Crippen MR) is 53.6 cm³/mol. The quantitative estimate of drug-likeness (QED) is 0.785. The van der Waals surface area contributed by atoms with Crippen molar-refractivity contribution in [1.29, 1.82) is 0 Å². The summed E-state index contributed by atoms with van der Waals surface area (Å²) in [7, 11) is 0. The lowest BCUT2D eigenvalue weighted by atomic mass is 10.2. The number of tetrazole rings is 1. The molecular weight excluding hydrogens is 214 g/mol. The van der Waals surface area contributed by atoms with Crippen molar-refractivity contribution in [3.05, 3.63) is 29.8 Å². The molecule has 16 heavy (non-hydrogen) atoms. The van der Waals surface area contributed by atoms with E-state index in [0.29, 0.717) is 0 Å². The van der Waals surface area contributed by atoms with Crippen LogP contribution in [0.15, 0.2) is 18.2 Å². The Kier molecular flexibility index (Phi) is 2.64. The van der Waals surface area contributed by atoms with Gasteiger partial charge in [0.25, 0.3) is 0 Å². The molecule has 1 aromatic carbocycles. The zero-order valence-electron chi connectivity index (χ0n) is 8.85. The van der Waals surface area contributed by atoms with Crippen LogP contribution >= 0.6 is 0 Å². The van der Waals surface area contributed by atoms with E-state index in [1.165, 1.54) is 16.9 Å². The first-order chi connectivity index (χ1) is 7.56. The standard InChI is InChI=1S/C10H10F2N4/c1-6(2)16-14-10(13-15-16)7-3-8(11)5-9(12)4-7/h3-6H,1-2H3. The van der Waals surface area contributed by atoms with E-state index in [2.05, 4.69) is 15.4 Å². The van der Waals surface area contributed by atoms with Crippen LogP contribution in [0, 0.1) is 11.6 Å². The van der Waals surface area contributed by atoms with E-state index < -0.39 is 11.6 Å². The number of hydrogen-bond acceptors (Lipinski definition) is 3. The Morgan fingerprint density at radius 2 is 1.75 bits per heavy atom. The molecule has 0 saturated heterocycles. The first-order valence-electron chi connectivity index (χ1n) is 4.82. The lowest BCUT2D eigenvalue weighted by Gasteiger charge is -1.99. The Labute approximate surface area is 90.9 Å². The fraction of sp³-hybridized carbons (Fsp3) is 0.300. The molecule has 0 aliphatic rings. The minimum Gasteiger partial charge on any atom is -0.207 e. The van der Waals surface area contributed by atoms with Gasteiger partial charge in [0, 0.05) is 11.6 Å². The molecule has 0 unspecified atom stereocenters. The van der Waals surface area contributed by atoms with Crippen molar-refractivity contribution in [3.63, 3.8) is 0 Å². The minimum atomic E-state index is -0.657. The second kappa shape index (κ2) is 3.96. The maximum absolute atomic E-state index is 13.0. The van der Waals surface area contributed by atoms with Crippen LogP contribution in [0.25, 0.3) is 11.4 Å². The van der Waals surface area contributed by atoms with Gasteiger partial charge >= 0.3 is 0 Å². The molecule has 0 aliphatic heterocycles. The largest absolute Gasteiger partial charge is 0.207 e. The maximum Gasteiger partial charge on any atom is 0.205 e. The average molecular weight is 224 g/mol. The SMILES string of the molecule is CC(C)n1nnc(-c2cc(F)cc(F)c2)n1. The van der Waals surface area contributed by atoms with Gasteiger partial charge in [-0.1, -0.05) is 0 Å². The van der Waals surface area contributed by atoms with Crippen molar-refractivity contribution in [2.24, 2.45) is 0 Å². The third-order valence-corrected chi connectivity index (χ3v) is 2.01. The van der Waals surface area contributed by atoms with Gasteiger partial charge in [0.1, 0.15) is 11.6 Å². The molecule has 4 nitrogen and oxygen atoms in total. The molecule has 6 heteroatoms. The van der Waals surface area contributed by atoms with E-state index >= 15 is 0 Å². The third kappa shape index (κ3) is 2.05. The van der Waals surface area contributed by atoms with Crippen molar-refractivity contribution in [3.8, 4) is 11.4 Å². The van der Waals surface area contributed by atoms with Crippen LogP contribution in [0.3, 0.4) is 0 Å². The lowest BCUT2D eigenvalue weighted by Crippen LogP contribution is -2.04. The smallest absolute Gasteiger partial charge is 0.205 e. The molecule has 0 amide bonds. The normalized spacial score (nSPS) is 11.1. The highest BCUT2D eigenvalue weighted by Gasteiger charge is 2.10. The van der Waals surface area contributed by atoms with E-state index in [0.717, 1.165) is 6.07 Å². The monoisotopic (exact) mass is 224 g/mol. The Hall–Kier alpha value is -1.85. The molecule has 1 aromatic heterocycles. The first kappa shape index (κ1) is 10.7. The number of halogens is 2. The zero-order valence-corrected chi connectivity index (χ0v) is 8.85. The second-order valence-corrected chi connectivity index (χ2v) is 3.69. The summed E-state index contributed by atoms with van der Waals surface area (Å²) < 4.78 is 25.9. The first-order valence-corrected chi connectivity index (χ1v) is 4.82. The fourth-order valence-electron chi connectivity index (χ4n) is 1.24. The summed E-state index contributed by atoms with van der Waals surface area (Å²) in [5.41, 5.74) is 0.282. The molecule has 0 aliphatic carbocycles. The Morgan fingerprint density at radius 3 is 2.25 bits per heavy atom. The molecule has 0 atom stereocenters. The van der Waals surface area contributed by atoms with Crippen molar-refractivity contribution in [2.75, 3.05) is 0 Å². The Morgan fingerprint density at radius 1 is 1.12 bits per heavy atom. The molecule has 2 aromatic rings. The zero-order chi connectivity index (χ0) is 11.7. The van der Waals surface area contributed by atoms with Crippen molar-refractivity contribution < 1.29 is 8.78 Å². The lowest BCUT2D eigenvalue weighted by molar-refractivity contribution is 0.455. The summed E-state index contributed by atoms with van der Waals surface area (Å²) >= 11 is 0. The van der Waals surface area contributed by atoms with Gasteiger partial charge in [-0.2, -0.15) is 4.80 Å². The van der Waals surface area contributed by atoms with Gasteiger partial charge in [0.05, 0.1) is 6.04 Å². The predicted octanol–water partition coefficient (Wildman–Crippen LogP) is 2.20. The molecular formula is C10H10F2N4. The summed E-state index contributed by atoms with van der Waals surface area (Å²) in [6, 6.07) is 3.20. The van der Waals surface area contributed by atoms with Gasteiger partial charge in [0.2, 0.25) is 5.82 Å². The summed E-state index contributed by atoms with van der Waals surface area (Å²) in [5.74, 6) is -1.10. The Bertz CT molecular complexity index is 487. The second-order valence-electron chi connectivity index (χ2n) is 3.69. The van der Waals surface area contributed by atoms with Gasteiger partial charge in [0.15, 0.2) is 0 Å². The fourth-order valence-corrected chi connectivity index (χ4v) is 1.24. The topological polar surface area (TPSA) is 43.6 Å². The van der Waals surface area contributed by atoms with E-state index in [4.69, 9.17) is 0 Å². The number of hydrogen-bond donors (Lipinski definition) is 0. The molecule has 0 fully saturated rings. The molecule has 0 saturated carbocycles. The van der Waals surface area contributed by atoms with Gasteiger partial charge in [-0.15, -0.1) is 10.2 Å². The van der Waals surface area contributed by atoms with Crippen molar-refractivity contribution in [1.82, 2.24) is 20.2 Å². The van der Waals surface area contributed by atoms with Crippen LogP contribution in [-0.4, -0.2) is 20.2 Å². The summed E-state index contributed by atoms with van der Waals surface area (Å²) in [5, 5.41) is 11.5. The van der Waals surface area contributed by atoms with Gasteiger partial charge in [-0.25, -0.2) is 8.78 Å². The van der Waals surface area contributed by atoms with Crippen molar-refractivity contribution in [2.45, 2.75) is 19.9 Å². The molecule has 0 bridgehead atoms. The summed E-state index contributed by atoms with van der Waals surface area (Å²) in [4.78, 5) is 1.39. The molecule has 0 spiro atoms. The molecule has 0 radical (unpaired) electrons. The third-order valence-electron chi connectivity index (χ3n) is 2.01.